The monoisotopic (exact) mass is 318 g/mol. The van der Waals surface area contributed by atoms with Crippen molar-refractivity contribution in [3.05, 3.63) is 36.4 Å². The van der Waals surface area contributed by atoms with E-state index in [0.29, 0.717) is 36.8 Å². The summed E-state index contributed by atoms with van der Waals surface area (Å²) in [4.78, 5) is 25.4. The lowest BCUT2D eigenvalue weighted by Gasteiger charge is -2.16. The van der Waals surface area contributed by atoms with Crippen LogP contribution < -0.4 is 14.8 Å². The smallest absolute Gasteiger partial charge is 0.251 e. The zero-order valence-electron chi connectivity index (χ0n) is 13.5. The molecular formula is C17H22N2O4. The second kappa shape index (κ2) is 7.67. The third kappa shape index (κ3) is 4.25. The van der Waals surface area contributed by atoms with Crippen molar-refractivity contribution >= 4 is 11.8 Å². The Labute approximate surface area is 136 Å². The molecule has 0 spiro atoms. The third-order valence-electron chi connectivity index (χ3n) is 3.75. The van der Waals surface area contributed by atoms with Crippen LogP contribution in [0.4, 0.5) is 0 Å². The SMILES string of the molecule is C=CCOc1ccc(C(=O)N[C@H]2CCN(C(C)=O)C2)cc1OC. The summed E-state index contributed by atoms with van der Waals surface area (Å²) in [5, 5.41) is 2.95. The van der Waals surface area contributed by atoms with E-state index in [-0.39, 0.29) is 17.9 Å². The number of carbonyl (C=O) groups excluding carboxylic acids is 2. The molecule has 1 aromatic carbocycles. The predicted molar refractivity (Wildman–Crippen MR) is 86.8 cm³/mol. The van der Waals surface area contributed by atoms with Gasteiger partial charge in [-0.2, -0.15) is 0 Å². The van der Waals surface area contributed by atoms with Gasteiger partial charge in [-0.1, -0.05) is 12.7 Å². The largest absolute Gasteiger partial charge is 0.493 e. The van der Waals surface area contributed by atoms with Gasteiger partial charge >= 0.3 is 0 Å². The lowest BCUT2D eigenvalue weighted by Crippen LogP contribution is -2.38. The van der Waals surface area contributed by atoms with Gasteiger partial charge in [-0.15, -0.1) is 0 Å². The molecule has 1 N–H and O–H groups in total. The van der Waals surface area contributed by atoms with Crippen LogP contribution in [0.2, 0.25) is 0 Å². The predicted octanol–water partition coefficient (Wildman–Crippen LogP) is 1.61. The van der Waals surface area contributed by atoms with Crippen LogP contribution in [0, 0.1) is 0 Å². The number of rotatable bonds is 6. The summed E-state index contributed by atoms with van der Waals surface area (Å²) in [6, 6.07) is 5.02. The normalized spacial score (nSPS) is 16.8. The maximum Gasteiger partial charge on any atom is 0.251 e. The maximum absolute atomic E-state index is 12.3. The van der Waals surface area contributed by atoms with Crippen LogP contribution in [0.15, 0.2) is 30.9 Å². The third-order valence-corrected chi connectivity index (χ3v) is 3.75. The van der Waals surface area contributed by atoms with Crippen molar-refractivity contribution in [2.24, 2.45) is 0 Å². The number of benzene rings is 1. The van der Waals surface area contributed by atoms with Gasteiger partial charge in [0.1, 0.15) is 6.61 Å². The van der Waals surface area contributed by atoms with Crippen LogP contribution in [0.5, 0.6) is 11.5 Å². The van der Waals surface area contributed by atoms with Crippen molar-refractivity contribution in [2.45, 2.75) is 19.4 Å². The molecule has 1 aromatic rings. The highest BCUT2D eigenvalue weighted by molar-refractivity contribution is 5.95. The quantitative estimate of drug-likeness (QED) is 0.809. The Bertz CT molecular complexity index is 600. The molecule has 6 heteroatoms. The number of amides is 2. The van der Waals surface area contributed by atoms with Crippen LogP contribution in [0.3, 0.4) is 0 Å². The van der Waals surface area contributed by atoms with E-state index in [1.165, 1.54) is 14.0 Å². The molecule has 6 nitrogen and oxygen atoms in total. The highest BCUT2D eigenvalue weighted by Gasteiger charge is 2.25. The van der Waals surface area contributed by atoms with Crippen molar-refractivity contribution in [1.29, 1.82) is 0 Å². The summed E-state index contributed by atoms with van der Waals surface area (Å²) in [7, 11) is 1.53. The molecule has 1 aliphatic heterocycles. The molecule has 0 radical (unpaired) electrons. The number of methoxy groups -OCH3 is 1. The summed E-state index contributed by atoms with van der Waals surface area (Å²) in [6.45, 7) is 6.73. The Morgan fingerprint density at radius 3 is 2.83 bits per heavy atom. The molecule has 0 aliphatic carbocycles. The maximum atomic E-state index is 12.3. The van der Waals surface area contributed by atoms with Crippen molar-refractivity contribution < 1.29 is 19.1 Å². The number of nitrogens with one attached hydrogen (secondary N) is 1. The number of likely N-dealkylation sites (tertiary alicyclic amines) is 1. The molecule has 2 amide bonds. The molecule has 1 fully saturated rings. The topological polar surface area (TPSA) is 67.9 Å². The zero-order valence-corrected chi connectivity index (χ0v) is 13.5. The Morgan fingerprint density at radius 1 is 1.43 bits per heavy atom. The van der Waals surface area contributed by atoms with Gasteiger partial charge in [-0.3, -0.25) is 9.59 Å². The second-order valence-electron chi connectivity index (χ2n) is 5.39. The number of hydrogen-bond donors (Lipinski definition) is 1. The van der Waals surface area contributed by atoms with E-state index >= 15 is 0 Å². The van der Waals surface area contributed by atoms with Crippen molar-refractivity contribution in [1.82, 2.24) is 10.2 Å². The van der Waals surface area contributed by atoms with Crippen LogP contribution >= 0.6 is 0 Å². The summed E-state index contributed by atoms with van der Waals surface area (Å²) >= 11 is 0. The van der Waals surface area contributed by atoms with Crippen molar-refractivity contribution in [3.8, 4) is 11.5 Å². The van der Waals surface area contributed by atoms with E-state index in [2.05, 4.69) is 11.9 Å². The summed E-state index contributed by atoms with van der Waals surface area (Å²) < 4.78 is 10.7. The molecule has 23 heavy (non-hydrogen) atoms. The second-order valence-corrected chi connectivity index (χ2v) is 5.39. The highest BCUT2D eigenvalue weighted by Crippen LogP contribution is 2.28. The van der Waals surface area contributed by atoms with Crippen molar-refractivity contribution in [2.75, 3.05) is 26.8 Å². The Balaban J connectivity index is 2.02. The van der Waals surface area contributed by atoms with Gasteiger partial charge in [0, 0.05) is 31.6 Å². The zero-order chi connectivity index (χ0) is 16.8. The van der Waals surface area contributed by atoms with Gasteiger partial charge in [0.2, 0.25) is 5.91 Å². The first-order valence-electron chi connectivity index (χ1n) is 7.53. The fourth-order valence-corrected chi connectivity index (χ4v) is 2.51. The fourth-order valence-electron chi connectivity index (χ4n) is 2.51. The van der Waals surface area contributed by atoms with Crippen LogP contribution in [0.25, 0.3) is 0 Å². The average Bonchev–Trinajstić information content (AvgIpc) is 3.01. The molecule has 1 aliphatic rings. The van der Waals surface area contributed by atoms with E-state index in [4.69, 9.17) is 9.47 Å². The first-order chi connectivity index (χ1) is 11.0. The standard InChI is InChI=1S/C17H22N2O4/c1-4-9-23-15-6-5-13(10-16(15)22-3)17(21)18-14-7-8-19(11-14)12(2)20/h4-6,10,14H,1,7-9,11H2,2-3H3,(H,18,21)/t14-/m0/s1. The fraction of sp³-hybridized carbons (Fsp3) is 0.412. The summed E-state index contributed by atoms with van der Waals surface area (Å²) in [6.07, 6.45) is 2.41. The Kier molecular flexibility index (Phi) is 5.62. The minimum Gasteiger partial charge on any atom is -0.493 e. The summed E-state index contributed by atoms with van der Waals surface area (Å²) in [5.74, 6) is 0.907. The molecule has 1 heterocycles. The Hall–Kier alpha value is -2.50. The van der Waals surface area contributed by atoms with E-state index in [1.54, 1.807) is 29.2 Å². The van der Waals surface area contributed by atoms with Gasteiger partial charge in [-0.05, 0) is 24.6 Å². The molecule has 0 aromatic heterocycles. The highest BCUT2D eigenvalue weighted by atomic mass is 16.5. The van der Waals surface area contributed by atoms with E-state index in [0.717, 1.165) is 6.42 Å². The van der Waals surface area contributed by atoms with E-state index < -0.39 is 0 Å². The molecule has 1 saturated heterocycles. The van der Waals surface area contributed by atoms with Crippen LogP contribution in [0.1, 0.15) is 23.7 Å². The molecule has 1 atom stereocenters. The van der Waals surface area contributed by atoms with Crippen molar-refractivity contribution in [3.63, 3.8) is 0 Å². The van der Waals surface area contributed by atoms with Gasteiger partial charge in [0.25, 0.3) is 5.91 Å². The molecule has 0 saturated carbocycles. The first kappa shape index (κ1) is 16.9. The van der Waals surface area contributed by atoms with Gasteiger partial charge in [-0.25, -0.2) is 0 Å². The number of nitrogens with zero attached hydrogens (tertiary/aromatic N) is 1. The van der Waals surface area contributed by atoms with Gasteiger partial charge in [0.05, 0.1) is 7.11 Å². The van der Waals surface area contributed by atoms with E-state index in [1.807, 2.05) is 0 Å². The molecule has 0 unspecified atom stereocenters. The number of carbonyl (C=O) groups is 2. The van der Waals surface area contributed by atoms with Crippen LogP contribution in [-0.2, 0) is 4.79 Å². The molecule has 124 valence electrons. The lowest BCUT2D eigenvalue weighted by atomic mass is 10.1. The summed E-state index contributed by atoms with van der Waals surface area (Å²) in [5.41, 5.74) is 0.495. The molecule has 0 bridgehead atoms. The lowest BCUT2D eigenvalue weighted by molar-refractivity contribution is -0.127. The minimum atomic E-state index is -0.186. The average molecular weight is 318 g/mol. The van der Waals surface area contributed by atoms with E-state index in [9.17, 15) is 9.59 Å². The van der Waals surface area contributed by atoms with Gasteiger partial charge < -0.3 is 19.7 Å². The molecule has 2 rings (SSSR count). The number of hydrogen-bond acceptors (Lipinski definition) is 4. The van der Waals surface area contributed by atoms with Gasteiger partial charge in [0.15, 0.2) is 11.5 Å². The first-order valence-corrected chi connectivity index (χ1v) is 7.53. The number of ether oxygens (including phenoxy) is 2. The molecular weight excluding hydrogens is 296 g/mol. The minimum absolute atomic E-state index is 0.0194. The Morgan fingerprint density at radius 2 is 2.22 bits per heavy atom. The van der Waals surface area contributed by atoms with Crippen LogP contribution in [-0.4, -0.2) is 49.6 Å².